The molecule has 1 amide bonds. The average molecular weight is 303 g/mol. The van der Waals surface area contributed by atoms with Crippen LogP contribution in [0.2, 0.25) is 0 Å². The number of carbonyl (C=O) groups excluding carboxylic acids is 1. The van der Waals surface area contributed by atoms with Crippen molar-refractivity contribution in [3.05, 3.63) is 35.9 Å². The molecule has 2 aliphatic rings. The van der Waals surface area contributed by atoms with Gasteiger partial charge in [0.15, 0.2) is 0 Å². The molecule has 0 spiro atoms. The molecular weight excluding hydrogens is 282 g/mol. The van der Waals surface area contributed by atoms with E-state index in [0.717, 1.165) is 18.4 Å². The van der Waals surface area contributed by atoms with E-state index >= 15 is 0 Å². The van der Waals surface area contributed by atoms with Crippen molar-refractivity contribution >= 4 is 12.1 Å². The van der Waals surface area contributed by atoms with Crippen LogP contribution in [0.5, 0.6) is 0 Å². The Kier molecular flexibility index (Phi) is 4.32. The number of likely N-dealkylation sites (tertiary alicyclic amines) is 1. The molecule has 1 aromatic rings. The van der Waals surface area contributed by atoms with Crippen LogP contribution in [0.3, 0.4) is 0 Å². The summed E-state index contributed by atoms with van der Waals surface area (Å²) in [4.78, 5) is 25.3. The summed E-state index contributed by atoms with van der Waals surface area (Å²) in [5.41, 5.74) is 0.958. The highest BCUT2D eigenvalue weighted by Gasteiger charge is 2.43. The Morgan fingerprint density at radius 2 is 1.91 bits per heavy atom. The number of ether oxygens (including phenoxy) is 1. The van der Waals surface area contributed by atoms with E-state index in [9.17, 15) is 14.7 Å². The third kappa shape index (κ3) is 3.40. The minimum atomic E-state index is -0.747. The highest BCUT2D eigenvalue weighted by atomic mass is 16.6. The van der Waals surface area contributed by atoms with Crippen molar-refractivity contribution in [2.75, 3.05) is 6.54 Å². The third-order valence-electron chi connectivity index (χ3n) is 4.60. The van der Waals surface area contributed by atoms with Crippen LogP contribution in [0, 0.1) is 11.8 Å². The molecule has 0 unspecified atom stereocenters. The van der Waals surface area contributed by atoms with Crippen LogP contribution in [0.15, 0.2) is 30.3 Å². The first kappa shape index (κ1) is 14.9. The lowest BCUT2D eigenvalue weighted by molar-refractivity contribution is -0.144. The smallest absolute Gasteiger partial charge is 0.410 e. The second-order valence-corrected chi connectivity index (χ2v) is 6.20. The molecule has 0 aromatic heterocycles. The summed E-state index contributed by atoms with van der Waals surface area (Å²) >= 11 is 0. The highest BCUT2D eigenvalue weighted by Crippen LogP contribution is 2.41. The SMILES string of the molecule is O=C(O)[C@@H]1CCN(C(=O)OCc2ccccc2)[C@@H](C2CC2)C1. The van der Waals surface area contributed by atoms with Crippen LogP contribution in [-0.2, 0) is 16.1 Å². The van der Waals surface area contributed by atoms with Crippen molar-refractivity contribution in [3.8, 4) is 0 Å². The molecule has 1 saturated heterocycles. The molecule has 2 atom stereocenters. The number of carbonyl (C=O) groups is 2. The molecule has 1 heterocycles. The van der Waals surface area contributed by atoms with E-state index in [4.69, 9.17) is 4.74 Å². The maximum Gasteiger partial charge on any atom is 0.410 e. The first-order valence-electron chi connectivity index (χ1n) is 7.85. The van der Waals surface area contributed by atoms with Crippen LogP contribution < -0.4 is 0 Å². The van der Waals surface area contributed by atoms with Crippen molar-refractivity contribution in [3.63, 3.8) is 0 Å². The largest absolute Gasteiger partial charge is 0.481 e. The first-order chi connectivity index (χ1) is 10.6. The molecule has 1 saturated carbocycles. The number of hydrogen-bond acceptors (Lipinski definition) is 3. The van der Waals surface area contributed by atoms with E-state index in [-0.39, 0.29) is 24.7 Å². The van der Waals surface area contributed by atoms with E-state index in [1.165, 1.54) is 0 Å². The zero-order chi connectivity index (χ0) is 15.5. The predicted molar refractivity (Wildman–Crippen MR) is 80.2 cm³/mol. The lowest BCUT2D eigenvalue weighted by atomic mass is 9.89. The Hall–Kier alpha value is -2.04. The molecule has 1 aliphatic heterocycles. The molecule has 2 fully saturated rings. The number of nitrogens with zero attached hydrogens (tertiary/aromatic N) is 1. The van der Waals surface area contributed by atoms with Gasteiger partial charge < -0.3 is 14.7 Å². The monoisotopic (exact) mass is 303 g/mol. The number of benzene rings is 1. The van der Waals surface area contributed by atoms with Gasteiger partial charge in [0.1, 0.15) is 6.61 Å². The second kappa shape index (κ2) is 6.38. The molecule has 1 aromatic carbocycles. The standard InChI is InChI=1S/C17H21NO4/c19-16(20)14-8-9-18(15(10-14)13-6-7-13)17(21)22-11-12-4-2-1-3-5-12/h1-5,13-15H,6-11H2,(H,19,20)/t14-,15-/m1/s1. The number of amides is 1. The lowest BCUT2D eigenvalue weighted by Crippen LogP contribution is -2.48. The third-order valence-corrected chi connectivity index (χ3v) is 4.60. The van der Waals surface area contributed by atoms with Crippen molar-refractivity contribution in [1.82, 2.24) is 4.90 Å². The molecule has 5 nitrogen and oxygen atoms in total. The summed E-state index contributed by atoms with van der Waals surface area (Å²) in [5, 5.41) is 9.20. The van der Waals surface area contributed by atoms with Gasteiger partial charge in [0, 0.05) is 12.6 Å². The van der Waals surface area contributed by atoms with Crippen molar-refractivity contribution in [1.29, 1.82) is 0 Å². The minimum absolute atomic E-state index is 0.0260. The number of piperidine rings is 1. The first-order valence-corrected chi connectivity index (χ1v) is 7.85. The van der Waals surface area contributed by atoms with Crippen molar-refractivity contribution in [2.24, 2.45) is 11.8 Å². The number of carboxylic acids is 1. The number of hydrogen-bond donors (Lipinski definition) is 1. The Morgan fingerprint density at radius 1 is 1.18 bits per heavy atom. The quantitative estimate of drug-likeness (QED) is 0.928. The maximum atomic E-state index is 12.3. The average Bonchev–Trinajstić information content (AvgIpc) is 3.38. The molecule has 1 N–H and O–H groups in total. The normalized spacial score (nSPS) is 24.8. The molecule has 5 heteroatoms. The maximum absolute atomic E-state index is 12.3. The van der Waals surface area contributed by atoms with E-state index in [0.29, 0.717) is 25.3 Å². The van der Waals surface area contributed by atoms with E-state index in [1.54, 1.807) is 4.90 Å². The van der Waals surface area contributed by atoms with Crippen LogP contribution in [-0.4, -0.2) is 34.7 Å². The summed E-state index contributed by atoms with van der Waals surface area (Å²) < 4.78 is 5.41. The van der Waals surface area contributed by atoms with Gasteiger partial charge in [-0.2, -0.15) is 0 Å². The highest BCUT2D eigenvalue weighted by molar-refractivity contribution is 5.72. The fourth-order valence-corrected chi connectivity index (χ4v) is 3.18. The van der Waals surface area contributed by atoms with E-state index in [2.05, 4.69) is 0 Å². The van der Waals surface area contributed by atoms with Crippen molar-refractivity contribution < 1.29 is 19.4 Å². The molecule has 1 aliphatic carbocycles. The topological polar surface area (TPSA) is 66.8 Å². The fraction of sp³-hybridized carbons (Fsp3) is 0.529. The fourth-order valence-electron chi connectivity index (χ4n) is 3.18. The van der Waals surface area contributed by atoms with E-state index in [1.807, 2.05) is 30.3 Å². The zero-order valence-corrected chi connectivity index (χ0v) is 12.5. The number of carboxylic acid groups (broad SMARTS) is 1. The van der Waals surface area contributed by atoms with Gasteiger partial charge >= 0.3 is 12.1 Å². The van der Waals surface area contributed by atoms with Gasteiger partial charge in [0.25, 0.3) is 0 Å². The van der Waals surface area contributed by atoms with Gasteiger partial charge in [-0.25, -0.2) is 4.79 Å². The Morgan fingerprint density at radius 3 is 2.55 bits per heavy atom. The van der Waals surface area contributed by atoms with Gasteiger partial charge in [0.05, 0.1) is 5.92 Å². The summed E-state index contributed by atoms with van der Waals surface area (Å²) in [7, 11) is 0. The summed E-state index contributed by atoms with van der Waals surface area (Å²) in [6.45, 7) is 0.738. The predicted octanol–water partition coefficient (Wildman–Crippen LogP) is 2.90. The minimum Gasteiger partial charge on any atom is -0.481 e. The Bertz CT molecular complexity index is 541. The Balaban J connectivity index is 1.60. The van der Waals surface area contributed by atoms with Crippen molar-refractivity contribution in [2.45, 2.75) is 38.3 Å². The molecule has 118 valence electrons. The van der Waals surface area contributed by atoms with Crippen LogP contribution in [0.4, 0.5) is 4.79 Å². The molecule has 3 rings (SSSR count). The summed E-state index contributed by atoms with van der Waals surface area (Å²) in [5.74, 6) is -0.627. The number of rotatable bonds is 4. The molecular formula is C17H21NO4. The van der Waals surface area contributed by atoms with Gasteiger partial charge in [0.2, 0.25) is 0 Å². The van der Waals surface area contributed by atoms with Crippen LogP contribution >= 0.6 is 0 Å². The lowest BCUT2D eigenvalue weighted by Gasteiger charge is -2.37. The van der Waals surface area contributed by atoms with Crippen LogP contribution in [0.1, 0.15) is 31.2 Å². The summed E-state index contributed by atoms with van der Waals surface area (Å²) in [6.07, 6.45) is 2.92. The second-order valence-electron chi connectivity index (χ2n) is 6.20. The van der Waals surface area contributed by atoms with E-state index < -0.39 is 5.97 Å². The zero-order valence-electron chi connectivity index (χ0n) is 12.5. The molecule has 22 heavy (non-hydrogen) atoms. The van der Waals surface area contributed by atoms with Crippen LogP contribution in [0.25, 0.3) is 0 Å². The van der Waals surface area contributed by atoms with Gasteiger partial charge in [-0.1, -0.05) is 30.3 Å². The summed E-state index contributed by atoms with van der Waals surface area (Å²) in [6, 6.07) is 9.61. The number of aliphatic carboxylic acids is 1. The van der Waals surface area contributed by atoms with Gasteiger partial charge in [-0.05, 0) is 37.2 Å². The molecule has 0 bridgehead atoms. The van der Waals surface area contributed by atoms with Gasteiger partial charge in [-0.3, -0.25) is 4.79 Å². The Labute approximate surface area is 129 Å². The van der Waals surface area contributed by atoms with Gasteiger partial charge in [-0.15, -0.1) is 0 Å². The molecule has 0 radical (unpaired) electrons.